The Labute approximate surface area is 158 Å². The fraction of sp³-hybridized carbons (Fsp3) is 0.444. The first-order valence-electron chi connectivity index (χ1n) is 8.68. The number of nitrogens with zero attached hydrogens (tertiary/aromatic N) is 3. The number of hydrogen-bond acceptors (Lipinski definition) is 6. The molecule has 1 aromatic heterocycles. The lowest BCUT2D eigenvalue weighted by Crippen LogP contribution is -2.45. The lowest BCUT2D eigenvalue weighted by Gasteiger charge is -2.27. The van der Waals surface area contributed by atoms with Crippen LogP contribution in [0.15, 0.2) is 34.6 Å². The van der Waals surface area contributed by atoms with Crippen molar-refractivity contribution in [1.82, 2.24) is 15.6 Å². The molecule has 1 unspecified atom stereocenters. The molecule has 0 spiro atoms. The van der Waals surface area contributed by atoms with Gasteiger partial charge in [0.2, 0.25) is 0 Å². The number of para-hydroxylation sites is 2. The number of hydrogen-bond donors (Lipinski definition) is 2. The predicted molar refractivity (Wildman–Crippen MR) is 106 cm³/mol. The molecule has 26 heavy (non-hydrogen) atoms. The van der Waals surface area contributed by atoms with Crippen molar-refractivity contribution in [2.75, 3.05) is 38.7 Å². The zero-order valence-corrected chi connectivity index (χ0v) is 16.2. The molecule has 2 aromatic rings. The van der Waals surface area contributed by atoms with Gasteiger partial charge in [0.25, 0.3) is 0 Å². The number of thiazole rings is 1. The van der Waals surface area contributed by atoms with E-state index in [9.17, 15) is 0 Å². The van der Waals surface area contributed by atoms with Gasteiger partial charge < -0.3 is 25.0 Å². The molecule has 2 heterocycles. The number of fused-ring (bicyclic) bond motifs is 1. The minimum atomic E-state index is -0.0617. The van der Waals surface area contributed by atoms with Crippen LogP contribution in [0.25, 0.3) is 0 Å². The summed E-state index contributed by atoms with van der Waals surface area (Å²) in [6.07, 6.45) is -0.0617. The Balaban J connectivity index is 1.54. The maximum absolute atomic E-state index is 5.97. The third-order valence-electron chi connectivity index (χ3n) is 3.73. The van der Waals surface area contributed by atoms with Crippen LogP contribution in [0.5, 0.6) is 11.5 Å². The number of benzene rings is 1. The van der Waals surface area contributed by atoms with Crippen molar-refractivity contribution in [3.63, 3.8) is 0 Å². The molecule has 0 radical (unpaired) electrons. The van der Waals surface area contributed by atoms with Crippen LogP contribution >= 0.6 is 11.3 Å². The average Bonchev–Trinajstić information content (AvgIpc) is 3.13. The molecule has 1 aliphatic heterocycles. The molecule has 8 heteroatoms. The van der Waals surface area contributed by atoms with Gasteiger partial charge in [-0.05, 0) is 19.1 Å². The van der Waals surface area contributed by atoms with E-state index in [0.717, 1.165) is 34.8 Å². The maximum Gasteiger partial charge on any atom is 0.191 e. The van der Waals surface area contributed by atoms with Crippen LogP contribution in [0.3, 0.4) is 0 Å². The van der Waals surface area contributed by atoms with Crippen molar-refractivity contribution in [2.24, 2.45) is 4.99 Å². The van der Waals surface area contributed by atoms with E-state index in [-0.39, 0.29) is 6.10 Å². The Hall–Kier alpha value is -2.48. The SMILES string of the molecule is CCNC(=NCc1csc(N(C)C)n1)NCC1COc2ccccc2O1. The second kappa shape index (κ2) is 8.75. The summed E-state index contributed by atoms with van der Waals surface area (Å²) in [5.41, 5.74) is 0.960. The standard InChI is InChI=1S/C18H25N5O2S/c1-4-19-17(20-9-13-12-26-18(22-13)23(2)3)21-10-14-11-24-15-7-5-6-8-16(15)25-14/h5-8,12,14H,4,9-11H2,1-3H3,(H2,19,20,21). The Morgan fingerprint density at radius 1 is 1.31 bits per heavy atom. The van der Waals surface area contributed by atoms with Crippen molar-refractivity contribution in [3.05, 3.63) is 35.3 Å². The van der Waals surface area contributed by atoms with Gasteiger partial charge in [-0.2, -0.15) is 0 Å². The van der Waals surface area contributed by atoms with E-state index < -0.39 is 0 Å². The monoisotopic (exact) mass is 375 g/mol. The molecule has 1 aromatic carbocycles. The lowest BCUT2D eigenvalue weighted by molar-refractivity contribution is 0.0936. The number of anilines is 1. The number of ether oxygens (including phenoxy) is 2. The Morgan fingerprint density at radius 2 is 2.12 bits per heavy atom. The number of guanidine groups is 1. The number of nitrogens with one attached hydrogen (secondary N) is 2. The first-order valence-corrected chi connectivity index (χ1v) is 9.56. The van der Waals surface area contributed by atoms with Gasteiger partial charge in [0.05, 0.1) is 18.8 Å². The molecule has 1 atom stereocenters. The normalized spacial score (nSPS) is 16.3. The molecule has 2 N–H and O–H groups in total. The van der Waals surface area contributed by atoms with Crippen LogP contribution in [-0.2, 0) is 6.54 Å². The Morgan fingerprint density at radius 3 is 2.85 bits per heavy atom. The van der Waals surface area contributed by atoms with E-state index in [2.05, 4.69) is 20.6 Å². The van der Waals surface area contributed by atoms with Crippen LogP contribution < -0.4 is 25.0 Å². The fourth-order valence-electron chi connectivity index (χ4n) is 2.45. The molecule has 0 saturated carbocycles. The average molecular weight is 375 g/mol. The third-order valence-corrected chi connectivity index (χ3v) is 4.79. The van der Waals surface area contributed by atoms with Crippen LogP contribution in [0, 0.1) is 0 Å². The van der Waals surface area contributed by atoms with Crippen molar-refractivity contribution in [2.45, 2.75) is 19.6 Å². The van der Waals surface area contributed by atoms with Crippen LogP contribution in [0.1, 0.15) is 12.6 Å². The zero-order chi connectivity index (χ0) is 18.4. The largest absolute Gasteiger partial charge is 0.486 e. The summed E-state index contributed by atoms with van der Waals surface area (Å²) in [5.74, 6) is 2.32. The molecule has 0 amide bonds. The highest BCUT2D eigenvalue weighted by Gasteiger charge is 2.20. The quantitative estimate of drug-likeness (QED) is 0.595. The van der Waals surface area contributed by atoms with E-state index in [1.165, 1.54) is 0 Å². The highest BCUT2D eigenvalue weighted by atomic mass is 32.1. The summed E-state index contributed by atoms with van der Waals surface area (Å²) in [7, 11) is 3.98. The van der Waals surface area contributed by atoms with Crippen molar-refractivity contribution in [1.29, 1.82) is 0 Å². The molecule has 140 valence electrons. The first kappa shape index (κ1) is 18.3. The van der Waals surface area contributed by atoms with E-state index in [0.29, 0.717) is 19.7 Å². The highest BCUT2D eigenvalue weighted by molar-refractivity contribution is 7.13. The van der Waals surface area contributed by atoms with Gasteiger partial charge in [-0.1, -0.05) is 12.1 Å². The number of aromatic nitrogens is 1. The van der Waals surface area contributed by atoms with Crippen LogP contribution in [0.2, 0.25) is 0 Å². The molecule has 0 aliphatic carbocycles. The van der Waals surface area contributed by atoms with E-state index in [1.54, 1.807) is 11.3 Å². The smallest absolute Gasteiger partial charge is 0.191 e. The second-order valence-corrected chi connectivity index (χ2v) is 6.93. The molecular weight excluding hydrogens is 350 g/mol. The Kier molecular flexibility index (Phi) is 6.17. The van der Waals surface area contributed by atoms with E-state index in [1.807, 2.05) is 55.6 Å². The van der Waals surface area contributed by atoms with E-state index in [4.69, 9.17) is 9.47 Å². The molecule has 0 bridgehead atoms. The predicted octanol–water partition coefficient (Wildman–Crippen LogP) is 2.10. The summed E-state index contributed by atoms with van der Waals surface area (Å²) in [5, 5.41) is 9.59. The van der Waals surface area contributed by atoms with Crippen molar-refractivity contribution < 1.29 is 9.47 Å². The summed E-state index contributed by atoms with van der Waals surface area (Å²) in [6.45, 7) is 4.49. The lowest BCUT2D eigenvalue weighted by atomic mass is 10.2. The molecule has 1 aliphatic rings. The minimum Gasteiger partial charge on any atom is -0.486 e. The fourth-order valence-corrected chi connectivity index (χ4v) is 3.20. The third kappa shape index (κ3) is 4.78. The van der Waals surface area contributed by atoms with Crippen LogP contribution in [0.4, 0.5) is 5.13 Å². The van der Waals surface area contributed by atoms with Gasteiger partial charge in [0.1, 0.15) is 12.7 Å². The zero-order valence-electron chi connectivity index (χ0n) is 15.4. The van der Waals surface area contributed by atoms with E-state index >= 15 is 0 Å². The topological polar surface area (TPSA) is 71.0 Å². The van der Waals surface area contributed by atoms with Gasteiger partial charge in [-0.25, -0.2) is 9.98 Å². The Bertz CT molecular complexity index is 747. The van der Waals surface area contributed by atoms with Gasteiger partial charge >= 0.3 is 0 Å². The van der Waals surface area contributed by atoms with Crippen molar-refractivity contribution in [3.8, 4) is 11.5 Å². The first-order chi connectivity index (χ1) is 12.7. The summed E-state index contributed by atoms with van der Waals surface area (Å²) in [4.78, 5) is 11.2. The number of rotatable bonds is 6. The van der Waals surface area contributed by atoms with Crippen LogP contribution in [-0.4, -0.2) is 50.8 Å². The molecule has 0 saturated heterocycles. The van der Waals surface area contributed by atoms with Gasteiger partial charge in [-0.15, -0.1) is 11.3 Å². The molecule has 3 rings (SSSR count). The summed E-state index contributed by atoms with van der Waals surface area (Å²) >= 11 is 1.62. The number of aliphatic imine (C=N–C) groups is 1. The van der Waals surface area contributed by atoms with Gasteiger partial charge in [0.15, 0.2) is 22.6 Å². The molecule has 7 nitrogen and oxygen atoms in total. The maximum atomic E-state index is 5.97. The highest BCUT2D eigenvalue weighted by Crippen LogP contribution is 2.30. The minimum absolute atomic E-state index is 0.0617. The summed E-state index contributed by atoms with van der Waals surface area (Å²) < 4.78 is 11.7. The molecular formula is C18H25N5O2S. The molecule has 0 fully saturated rings. The summed E-state index contributed by atoms with van der Waals surface area (Å²) in [6, 6.07) is 7.72. The van der Waals surface area contributed by atoms with Crippen molar-refractivity contribution >= 4 is 22.4 Å². The second-order valence-electron chi connectivity index (χ2n) is 6.09. The van der Waals surface area contributed by atoms with Gasteiger partial charge in [0, 0.05) is 26.0 Å². The van der Waals surface area contributed by atoms with Gasteiger partial charge in [-0.3, -0.25) is 0 Å².